The summed E-state index contributed by atoms with van der Waals surface area (Å²) in [6.45, 7) is 2.13. The smallest absolute Gasteiger partial charge is 0.343 e. The number of carbonyl (C=O) groups excluding carboxylic acids is 1. The number of benzene rings is 1. The Morgan fingerprint density at radius 3 is 2.77 bits per heavy atom. The second kappa shape index (κ2) is 6.77. The number of hydrogen-bond acceptors (Lipinski definition) is 3. The van der Waals surface area contributed by atoms with Crippen LogP contribution in [0.5, 0.6) is 5.75 Å². The second-order valence-electron chi connectivity index (χ2n) is 5.55. The van der Waals surface area contributed by atoms with Gasteiger partial charge < -0.3 is 14.7 Å². The highest BCUT2D eigenvalue weighted by Crippen LogP contribution is 2.26. The molecule has 1 heterocycles. The van der Waals surface area contributed by atoms with Crippen LogP contribution in [0.25, 0.3) is 0 Å². The zero-order valence-electron chi connectivity index (χ0n) is 12.5. The van der Waals surface area contributed by atoms with Gasteiger partial charge in [0.15, 0.2) is 0 Å². The number of halogens is 1. The normalized spacial score (nSPS) is 20.9. The number of aliphatic carboxylic acids is 1. The van der Waals surface area contributed by atoms with Gasteiger partial charge in [0, 0.05) is 19.4 Å². The van der Waals surface area contributed by atoms with Gasteiger partial charge in [-0.25, -0.2) is 9.18 Å². The highest BCUT2D eigenvalue weighted by atomic mass is 19.1. The molecule has 0 aromatic heterocycles. The van der Waals surface area contributed by atoms with Crippen molar-refractivity contribution in [1.82, 2.24) is 4.90 Å². The van der Waals surface area contributed by atoms with E-state index in [-0.39, 0.29) is 31.8 Å². The Morgan fingerprint density at radius 2 is 2.14 bits per heavy atom. The monoisotopic (exact) mass is 309 g/mol. The minimum Gasteiger partial charge on any atom is -0.493 e. The van der Waals surface area contributed by atoms with Gasteiger partial charge in [0.1, 0.15) is 5.75 Å². The second-order valence-corrected chi connectivity index (χ2v) is 5.55. The van der Waals surface area contributed by atoms with Crippen molar-refractivity contribution in [3.05, 3.63) is 29.8 Å². The fraction of sp³-hybridized carbons (Fsp3) is 0.500. The maximum absolute atomic E-state index is 13.9. The third-order valence-electron chi connectivity index (χ3n) is 3.84. The lowest BCUT2D eigenvalue weighted by molar-refractivity contribution is -0.150. The molecule has 120 valence electrons. The number of carboxylic acid groups (broad SMARTS) is 1. The summed E-state index contributed by atoms with van der Waals surface area (Å²) in [5.41, 5.74) is -1.27. The predicted molar refractivity (Wildman–Crippen MR) is 78.6 cm³/mol. The molecule has 1 aromatic rings. The molecular weight excluding hydrogens is 289 g/mol. The van der Waals surface area contributed by atoms with Gasteiger partial charge in [-0.1, -0.05) is 18.2 Å². The first-order valence-corrected chi connectivity index (χ1v) is 7.31. The number of carboxylic acids is 1. The summed E-state index contributed by atoms with van der Waals surface area (Å²) in [7, 11) is 0. The van der Waals surface area contributed by atoms with Crippen molar-refractivity contribution in [1.29, 1.82) is 0 Å². The van der Waals surface area contributed by atoms with Gasteiger partial charge in [-0.05, 0) is 25.0 Å². The van der Waals surface area contributed by atoms with Crippen molar-refractivity contribution in [2.24, 2.45) is 0 Å². The predicted octanol–water partition coefficient (Wildman–Crippen LogP) is 2.18. The van der Waals surface area contributed by atoms with Gasteiger partial charge in [0.2, 0.25) is 11.6 Å². The summed E-state index contributed by atoms with van der Waals surface area (Å²) in [6, 6.07) is 7.61. The van der Waals surface area contributed by atoms with Crippen LogP contribution < -0.4 is 4.74 Å². The third kappa shape index (κ3) is 3.75. The maximum atomic E-state index is 13.9. The molecule has 1 N–H and O–H groups in total. The topological polar surface area (TPSA) is 66.8 Å². The van der Waals surface area contributed by atoms with E-state index in [1.807, 2.05) is 31.2 Å². The Kier molecular flexibility index (Phi) is 5.00. The summed E-state index contributed by atoms with van der Waals surface area (Å²) in [4.78, 5) is 24.0. The molecule has 1 aliphatic heterocycles. The quantitative estimate of drug-likeness (QED) is 0.818. The molecule has 1 saturated heterocycles. The highest BCUT2D eigenvalue weighted by molar-refractivity contribution is 5.82. The van der Waals surface area contributed by atoms with Crippen LogP contribution in [0.1, 0.15) is 24.8 Å². The number of nitrogens with zero attached hydrogens (tertiary/aromatic N) is 1. The Labute approximate surface area is 128 Å². The standard InChI is InChI=1S/C16H20FNO4/c1-12-5-2-3-6-13(12)22-10-4-7-14(19)18-9-8-16(17,11-18)15(20)21/h2-3,5-6H,4,7-11H2,1H3,(H,20,21). The number of carbonyl (C=O) groups is 2. The van der Waals surface area contributed by atoms with Crippen molar-refractivity contribution >= 4 is 11.9 Å². The first kappa shape index (κ1) is 16.3. The van der Waals surface area contributed by atoms with Crippen molar-refractivity contribution in [3.63, 3.8) is 0 Å². The number of ether oxygens (including phenoxy) is 1. The zero-order chi connectivity index (χ0) is 16.2. The van der Waals surface area contributed by atoms with Crippen LogP contribution in [0.2, 0.25) is 0 Å². The van der Waals surface area contributed by atoms with E-state index in [2.05, 4.69) is 0 Å². The molecule has 1 fully saturated rings. The largest absolute Gasteiger partial charge is 0.493 e. The fourth-order valence-electron chi connectivity index (χ4n) is 2.44. The molecule has 1 aromatic carbocycles. The molecule has 5 nitrogen and oxygen atoms in total. The van der Waals surface area contributed by atoms with Crippen LogP contribution in [0.15, 0.2) is 24.3 Å². The Balaban J connectivity index is 1.73. The van der Waals surface area contributed by atoms with E-state index >= 15 is 0 Å². The molecule has 0 aliphatic carbocycles. The molecule has 0 saturated carbocycles. The van der Waals surface area contributed by atoms with Crippen LogP contribution in [-0.4, -0.2) is 47.2 Å². The lowest BCUT2D eigenvalue weighted by atomic mass is 10.1. The molecule has 1 aliphatic rings. The average Bonchev–Trinajstić information content (AvgIpc) is 2.89. The van der Waals surface area contributed by atoms with Crippen LogP contribution in [0.3, 0.4) is 0 Å². The van der Waals surface area contributed by atoms with Crippen LogP contribution in [0.4, 0.5) is 4.39 Å². The number of para-hydroxylation sites is 1. The maximum Gasteiger partial charge on any atom is 0.343 e. The van der Waals surface area contributed by atoms with Crippen LogP contribution in [-0.2, 0) is 9.59 Å². The Morgan fingerprint density at radius 1 is 1.41 bits per heavy atom. The van der Waals surface area contributed by atoms with Gasteiger partial charge in [-0.2, -0.15) is 0 Å². The molecular formula is C16H20FNO4. The number of likely N-dealkylation sites (tertiary alicyclic amines) is 1. The lowest BCUT2D eigenvalue weighted by Crippen LogP contribution is -2.38. The molecule has 1 atom stereocenters. The van der Waals surface area contributed by atoms with E-state index < -0.39 is 11.6 Å². The van der Waals surface area contributed by atoms with Gasteiger partial charge >= 0.3 is 5.97 Å². The fourth-order valence-corrected chi connectivity index (χ4v) is 2.44. The van der Waals surface area contributed by atoms with Gasteiger partial charge in [-0.15, -0.1) is 0 Å². The third-order valence-corrected chi connectivity index (χ3v) is 3.84. The first-order chi connectivity index (χ1) is 10.4. The van der Waals surface area contributed by atoms with Crippen LogP contribution >= 0.6 is 0 Å². The minimum absolute atomic E-state index is 0.145. The highest BCUT2D eigenvalue weighted by Gasteiger charge is 2.46. The minimum atomic E-state index is -2.30. The molecule has 2 rings (SSSR count). The van der Waals surface area contributed by atoms with Crippen molar-refractivity contribution in [3.8, 4) is 5.75 Å². The summed E-state index contributed by atoms with van der Waals surface area (Å²) < 4.78 is 19.5. The molecule has 1 amide bonds. The summed E-state index contributed by atoms with van der Waals surface area (Å²) in [5.74, 6) is -0.940. The molecule has 0 radical (unpaired) electrons. The Hall–Kier alpha value is -2.11. The first-order valence-electron chi connectivity index (χ1n) is 7.31. The van der Waals surface area contributed by atoms with E-state index in [1.165, 1.54) is 4.90 Å². The summed E-state index contributed by atoms with van der Waals surface area (Å²) in [5, 5.41) is 8.81. The lowest BCUT2D eigenvalue weighted by Gasteiger charge is -2.17. The average molecular weight is 309 g/mol. The molecule has 22 heavy (non-hydrogen) atoms. The zero-order valence-corrected chi connectivity index (χ0v) is 12.5. The molecule has 1 unspecified atom stereocenters. The number of hydrogen-bond donors (Lipinski definition) is 1. The van der Waals surface area contributed by atoms with Crippen molar-refractivity contribution in [2.45, 2.75) is 31.9 Å². The van der Waals surface area contributed by atoms with Crippen LogP contribution in [0, 0.1) is 6.92 Å². The van der Waals surface area contributed by atoms with E-state index in [4.69, 9.17) is 9.84 Å². The van der Waals surface area contributed by atoms with Crippen molar-refractivity contribution in [2.75, 3.05) is 19.7 Å². The van der Waals surface area contributed by atoms with Gasteiger partial charge in [0.25, 0.3) is 0 Å². The number of rotatable bonds is 6. The number of amides is 1. The molecule has 0 bridgehead atoms. The van der Waals surface area contributed by atoms with E-state index in [0.29, 0.717) is 13.0 Å². The molecule has 6 heteroatoms. The SMILES string of the molecule is Cc1ccccc1OCCCC(=O)N1CCC(F)(C(=O)O)C1. The van der Waals surface area contributed by atoms with Gasteiger partial charge in [-0.3, -0.25) is 4.79 Å². The van der Waals surface area contributed by atoms with E-state index in [9.17, 15) is 14.0 Å². The molecule has 0 spiro atoms. The van der Waals surface area contributed by atoms with Gasteiger partial charge in [0.05, 0.1) is 13.2 Å². The number of aryl methyl sites for hydroxylation is 1. The summed E-state index contributed by atoms with van der Waals surface area (Å²) in [6.07, 6.45) is 0.589. The summed E-state index contributed by atoms with van der Waals surface area (Å²) >= 11 is 0. The number of alkyl halides is 1. The Bertz CT molecular complexity index is 563. The van der Waals surface area contributed by atoms with Crippen molar-refractivity contribution < 1.29 is 23.8 Å². The van der Waals surface area contributed by atoms with E-state index in [1.54, 1.807) is 0 Å². The van der Waals surface area contributed by atoms with E-state index in [0.717, 1.165) is 11.3 Å².